The summed E-state index contributed by atoms with van der Waals surface area (Å²) >= 11 is 0. The van der Waals surface area contributed by atoms with Gasteiger partial charge in [-0.05, 0) is 37.5 Å². The second kappa shape index (κ2) is 5.57. The molecule has 0 aliphatic carbocycles. The van der Waals surface area contributed by atoms with Crippen molar-refractivity contribution in [2.24, 2.45) is 5.92 Å². The minimum atomic E-state index is -1.04. The van der Waals surface area contributed by atoms with Crippen LogP contribution in [0.15, 0.2) is 18.2 Å². The van der Waals surface area contributed by atoms with Gasteiger partial charge in [0.05, 0.1) is 11.7 Å². The molecule has 17 heavy (non-hydrogen) atoms. The highest BCUT2D eigenvalue weighted by Crippen LogP contribution is 2.22. The topological polar surface area (TPSA) is 72.5 Å². The summed E-state index contributed by atoms with van der Waals surface area (Å²) in [7, 11) is 0. The first kappa shape index (κ1) is 13.4. The van der Waals surface area contributed by atoms with Gasteiger partial charge in [-0.3, -0.25) is 0 Å². The van der Waals surface area contributed by atoms with E-state index in [9.17, 15) is 4.79 Å². The third-order valence-electron chi connectivity index (χ3n) is 2.40. The summed E-state index contributed by atoms with van der Waals surface area (Å²) in [5, 5.41) is 8.93. The van der Waals surface area contributed by atoms with E-state index in [1.54, 1.807) is 12.1 Å². The van der Waals surface area contributed by atoms with Crippen LogP contribution in [-0.4, -0.2) is 17.2 Å². The number of nitrogen functional groups attached to an aromatic ring is 1. The van der Waals surface area contributed by atoms with Gasteiger partial charge in [0.1, 0.15) is 5.75 Å². The van der Waals surface area contributed by atoms with Crippen molar-refractivity contribution in [2.45, 2.75) is 33.3 Å². The fourth-order valence-corrected chi connectivity index (χ4v) is 1.74. The van der Waals surface area contributed by atoms with Crippen molar-refractivity contribution in [3.05, 3.63) is 23.8 Å². The molecule has 1 aromatic rings. The molecule has 1 rings (SSSR count). The standard InChI is InChI=1S/C13H19NO3/c1-8(2)6-9(3)17-10-4-5-12(14)11(7-10)13(15)16/h4-5,7-9H,6,14H2,1-3H3,(H,15,16). The summed E-state index contributed by atoms with van der Waals surface area (Å²) in [5.74, 6) is 0.0481. The Kier molecular flexibility index (Phi) is 4.37. The molecule has 4 nitrogen and oxygen atoms in total. The molecule has 0 radical (unpaired) electrons. The maximum absolute atomic E-state index is 10.9. The monoisotopic (exact) mass is 237 g/mol. The lowest BCUT2D eigenvalue weighted by molar-refractivity contribution is 0.0697. The predicted molar refractivity (Wildman–Crippen MR) is 67.4 cm³/mol. The largest absolute Gasteiger partial charge is 0.491 e. The molecule has 0 aliphatic rings. The van der Waals surface area contributed by atoms with E-state index >= 15 is 0 Å². The van der Waals surface area contributed by atoms with Gasteiger partial charge >= 0.3 is 5.97 Å². The van der Waals surface area contributed by atoms with Crippen molar-refractivity contribution in [3.8, 4) is 5.75 Å². The van der Waals surface area contributed by atoms with Gasteiger partial charge in [-0.25, -0.2) is 4.79 Å². The number of carbonyl (C=O) groups is 1. The van der Waals surface area contributed by atoms with Gasteiger partial charge in [-0.15, -0.1) is 0 Å². The van der Waals surface area contributed by atoms with Crippen LogP contribution < -0.4 is 10.5 Å². The van der Waals surface area contributed by atoms with E-state index < -0.39 is 5.97 Å². The molecule has 0 aromatic heterocycles. The summed E-state index contributed by atoms with van der Waals surface area (Å²) in [4.78, 5) is 10.9. The van der Waals surface area contributed by atoms with Gasteiger partial charge in [0.2, 0.25) is 0 Å². The molecule has 0 saturated heterocycles. The maximum Gasteiger partial charge on any atom is 0.337 e. The van der Waals surface area contributed by atoms with Crippen LogP contribution >= 0.6 is 0 Å². The van der Waals surface area contributed by atoms with E-state index in [4.69, 9.17) is 15.6 Å². The van der Waals surface area contributed by atoms with E-state index in [0.29, 0.717) is 11.7 Å². The van der Waals surface area contributed by atoms with Crippen LogP contribution in [-0.2, 0) is 0 Å². The molecule has 3 N–H and O–H groups in total. The highest BCUT2D eigenvalue weighted by atomic mass is 16.5. The average molecular weight is 237 g/mol. The number of hydrogen-bond acceptors (Lipinski definition) is 3. The molecule has 0 bridgehead atoms. The molecule has 94 valence electrons. The number of aromatic carboxylic acids is 1. The Hall–Kier alpha value is -1.71. The van der Waals surface area contributed by atoms with E-state index in [0.717, 1.165) is 6.42 Å². The van der Waals surface area contributed by atoms with E-state index in [1.807, 2.05) is 6.92 Å². The summed E-state index contributed by atoms with van der Waals surface area (Å²) in [6.07, 6.45) is 0.979. The third kappa shape index (κ3) is 3.98. The fraction of sp³-hybridized carbons (Fsp3) is 0.462. The smallest absolute Gasteiger partial charge is 0.337 e. The lowest BCUT2D eigenvalue weighted by Crippen LogP contribution is -2.15. The Bertz CT molecular complexity index is 402. The number of hydrogen-bond donors (Lipinski definition) is 2. The molecular weight excluding hydrogens is 218 g/mol. The molecule has 1 atom stereocenters. The summed E-state index contributed by atoms with van der Waals surface area (Å²) in [6, 6.07) is 4.72. The maximum atomic E-state index is 10.9. The summed E-state index contributed by atoms with van der Waals surface area (Å²) in [5.41, 5.74) is 5.90. The quantitative estimate of drug-likeness (QED) is 0.772. The fourth-order valence-electron chi connectivity index (χ4n) is 1.74. The van der Waals surface area contributed by atoms with Crippen LogP contribution in [0.2, 0.25) is 0 Å². The van der Waals surface area contributed by atoms with E-state index in [2.05, 4.69) is 13.8 Å². The van der Waals surface area contributed by atoms with Crippen molar-refractivity contribution >= 4 is 11.7 Å². The Morgan fingerprint density at radius 1 is 1.41 bits per heavy atom. The lowest BCUT2D eigenvalue weighted by atomic mass is 10.1. The molecule has 1 aromatic carbocycles. The van der Waals surface area contributed by atoms with Gasteiger partial charge < -0.3 is 15.6 Å². The molecule has 4 heteroatoms. The molecular formula is C13H19NO3. The molecule has 0 fully saturated rings. The molecule has 0 saturated carbocycles. The molecule has 0 heterocycles. The molecule has 0 amide bonds. The van der Waals surface area contributed by atoms with Crippen LogP contribution in [0.5, 0.6) is 5.75 Å². The van der Waals surface area contributed by atoms with Crippen molar-refractivity contribution in [2.75, 3.05) is 5.73 Å². The second-order valence-electron chi connectivity index (χ2n) is 4.61. The van der Waals surface area contributed by atoms with Crippen LogP contribution in [0.4, 0.5) is 5.69 Å². The molecule has 1 unspecified atom stereocenters. The Morgan fingerprint density at radius 2 is 2.06 bits per heavy atom. The van der Waals surface area contributed by atoms with Crippen molar-refractivity contribution in [1.82, 2.24) is 0 Å². The van der Waals surface area contributed by atoms with E-state index in [-0.39, 0.29) is 17.4 Å². The highest BCUT2D eigenvalue weighted by Gasteiger charge is 2.11. The molecule has 0 spiro atoms. The SMILES string of the molecule is CC(C)CC(C)Oc1ccc(N)c(C(=O)O)c1. The van der Waals surface area contributed by atoms with Crippen LogP contribution in [0.25, 0.3) is 0 Å². The first-order valence-electron chi connectivity index (χ1n) is 5.69. The van der Waals surface area contributed by atoms with Crippen molar-refractivity contribution < 1.29 is 14.6 Å². The lowest BCUT2D eigenvalue weighted by Gasteiger charge is -2.17. The number of carboxylic acid groups (broad SMARTS) is 1. The Morgan fingerprint density at radius 3 is 2.59 bits per heavy atom. The van der Waals surface area contributed by atoms with Gasteiger partial charge in [0.25, 0.3) is 0 Å². The predicted octanol–water partition coefficient (Wildman–Crippen LogP) is 2.78. The van der Waals surface area contributed by atoms with Gasteiger partial charge in [0.15, 0.2) is 0 Å². The number of benzene rings is 1. The first-order chi connectivity index (χ1) is 7.90. The summed E-state index contributed by atoms with van der Waals surface area (Å²) in [6.45, 7) is 6.20. The molecule has 0 aliphatic heterocycles. The zero-order valence-electron chi connectivity index (χ0n) is 10.4. The van der Waals surface area contributed by atoms with E-state index in [1.165, 1.54) is 6.07 Å². The number of carboxylic acids is 1. The Balaban J connectivity index is 2.79. The minimum absolute atomic E-state index is 0.0558. The second-order valence-corrected chi connectivity index (χ2v) is 4.61. The van der Waals surface area contributed by atoms with Crippen LogP contribution in [0, 0.1) is 5.92 Å². The zero-order valence-corrected chi connectivity index (χ0v) is 10.4. The Labute approximate surface area is 101 Å². The van der Waals surface area contributed by atoms with Crippen molar-refractivity contribution in [3.63, 3.8) is 0 Å². The zero-order chi connectivity index (χ0) is 13.0. The normalized spacial score (nSPS) is 12.5. The third-order valence-corrected chi connectivity index (χ3v) is 2.40. The highest BCUT2D eigenvalue weighted by molar-refractivity contribution is 5.94. The first-order valence-corrected chi connectivity index (χ1v) is 5.69. The average Bonchev–Trinajstić information content (AvgIpc) is 2.19. The number of rotatable bonds is 5. The number of nitrogens with two attached hydrogens (primary N) is 1. The van der Waals surface area contributed by atoms with Crippen LogP contribution in [0.3, 0.4) is 0 Å². The summed E-state index contributed by atoms with van der Waals surface area (Å²) < 4.78 is 5.65. The van der Waals surface area contributed by atoms with Gasteiger partial charge in [-0.2, -0.15) is 0 Å². The minimum Gasteiger partial charge on any atom is -0.491 e. The van der Waals surface area contributed by atoms with Crippen molar-refractivity contribution in [1.29, 1.82) is 0 Å². The van der Waals surface area contributed by atoms with Crippen LogP contribution in [0.1, 0.15) is 37.6 Å². The number of anilines is 1. The van der Waals surface area contributed by atoms with Gasteiger partial charge in [0, 0.05) is 5.69 Å². The van der Waals surface area contributed by atoms with Gasteiger partial charge in [-0.1, -0.05) is 13.8 Å². The number of ether oxygens (including phenoxy) is 1.